The summed E-state index contributed by atoms with van der Waals surface area (Å²) in [6, 6.07) is 9.85. The quantitative estimate of drug-likeness (QED) is 0.764. The Morgan fingerprint density at radius 2 is 2.00 bits per heavy atom. The maximum absolute atomic E-state index is 13.1. The molecule has 0 bridgehead atoms. The topological polar surface area (TPSA) is 63.3 Å². The minimum atomic E-state index is -0.260. The molecule has 1 saturated heterocycles. The lowest BCUT2D eigenvalue weighted by molar-refractivity contribution is 0.180. The van der Waals surface area contributed by atoms with Crippen LogP contribution in [-0.2, 0) is 6.54 Å². The highest BCUT2D eigenvalue weighted by molar-refractivity contribution is 5.74. The summed E-state index contributed by atoms with van der Waals surface area (Å²) in [5, 5.41) is 7.28. The summed E-state index contributed by atoms with van der Waals surface area (Å²) < 4.78 is 20.1. The van der Waals surface area contributed by atoms with Gasteiger partial charge < -0.3 is 14.6 Å². The van der Waals surface area contributed by atoms with Crippen LogP contribution >= 0.6 is 0 Å². The van der Waals surface area contributed by atoms with E-state index in [2.05, 4.69) is 10.4 Å². The number of furan rings is 1. The zero-order chi connectivity index (χ0) is 18.6. The fourth-order valence-corrected chi connectivity index (χ4v) is 3.39. The van der Waals surface area contributed by atoms with Gasteiger partial charge in [0.05, 0.1) is 24.7 Å². The Morgan fingerprint density at radius 3 is 2.70 bits per heavy atom. The molecule has 4 rings (SSSR count). The summed E-state index contributed by atoms with van der Waals surface area (Å²) in [6.45, 7) is 1.81. The van der Waals surface area contributed by atoms with Gasteiger partial charge in [-0.15, -0.1) is 0 Å². The minimum Gasteiger partial charge on any atom is -0.467 e. The number of nitrogens with zero attached hydrogens (tertiary/aromatic N) is 3. The minimum absolute atomic E-state index is 0.0631. The predicted octanol–water partition coefficient (Wildman–Crippen LogP) is 3.69. The number of nitrogens with one attached hydrogen (secondary N) is 1. The van der Waals surface area contributed by atoms with Crippen LogP contribution < -0.4 is 5.32 Å². The third-order valence-corrected chi connectivity index (χ3v) is 4.94. The van der Waals surface area contributed by atoms with E-state index in [1.165, 1.54) is 12.1 Å². The second kappa shape index (κ2) is 7.65. The summed E-state index contributed by atoms with van der Waals surface area (Å²) in [5.41, 5.74) is 1.98. The zero-order valence-electron chi connectivity index (χ0n) is 14.8. The number of rotatable bonds is 4. The van der Waals surface area contributed by atoms with Gasteiger partial charge in [0, 0.05) is 19.3 Å². The molecule has 0 aliphatic carbocycles. The maximum atomic E-state index is 13.1. The molecule has 27 heavy (non-hydrogen) atoms. The van der Waals surface area contributed by atoms with Crippen molar-refractivity contribution in [1.82, 2.24) is 20.0 Å². The summed E-state index contributed by atoms with van der Waals surface area (Å²) in [4.78, 5) is 14.1. The molecule has 0 saturated carbocycles. The Balaban J connectivity index is 1.31. The van der Waals surface area contributed by atoms with Crippen molar-refractivity contribution in [3.63, 3.8) is 0 Å². The van der Waals surface area contributed by atoms with Gasteiger partial charge in [-0.3, -0.25) is 0 Å². The van der Waals surface area contributed by atoms with Gasteiger partial charge in [-0.1, -0.05) is 0 Å². The molecule has 2 aromatic heterocycles. The fourth-order valence-electron chi connectivity index (χ4n) is 3.39. The molecular formula is C20H21FN4O2. The number of piperidine rings is 1. The van der Waals surface area contributed by atoms with Crippen molar-refractivity contribution in [3.05, 3.63) is 72.2 Å². The summed E-state index contributed by atoms with van der Waals surface area (Å²) >= 11 is 0. The third-order valence-electron chi connectivity index (χ3n) is 4.94. The highest BCUT2D eigenvalue weighted by atomic mass is 19.1. The first kappa shape index (κ1) is 17.3. The number of carbonyl (C=O) groups excluding carboxylic acids is 1. The smallest absolute Gasteiger partial charge is 0.317 e. The number of amides is 2. The molecule has 0 radical (unpaired) electrons. The molecule has 3 heterocycles. The van der Waals surface area contributed by atoms with Gasteiger partial charge >= 0.3 is 6.03 Å². The Bertz CT molecular complexity index is 881. The lowest BCUT2D eigenvalue weighted by atomic mass is 9.92. The zero-order valence-corrected chi connectivity index (χ0v) is 14.8. The van der Waals surface area contributed by atoms with E-state index < -0.39 is 0 Å². The number of urea groups is 1. The molecule has 1 fully saturated rings. The van der Waals surface area contributed by atoms with Gasteiger partial charge in [0.25, 0.3) is 0 Å². The number of aromatic nitrogens is 2. The van der Waals surface area contributed by atoms with Crippen molar-refractivity contribution in [2.75, 3.05) is 13.1 Å². The van der Waals surface area contributed by atoms with Crippen LogP contribution in [0.4, 0.5) is 9.18 Å². The Kier molecular flexibility index (Phi) is 4.91. The number of hydrogen-bond donors (Lipinski definition) is 1. The van der Waals surface area contributed by atoms with Crippen LogP contribution in [0.2, 0.25) is 0 Å². The van der Waals surface area contributed by atoms with Crippen LogP contribution in [0, 0.1) is 5.82 Å². The summed E-state index contributed by atoms with van der Waals surface area (Å²) in [6.07, 6.45) is 7.23. The van der Waals surface area contributed by atoms with Crippen LogP contribution in [0.5, 0.6) is 0 Å². The average Bonchev–Trinajstić information content (AvgIpc) is 3.39. The van der Waals surface area contributed by atoms with Crippen LogP contribution in [0.15, 0.2) is 59.5 Å². The molecule has 6 nitrogen and oxygen atoms in total. The van der Waals surface area contributed by atoms with Gasteiger partial charge in [-0.25, -0.2) is 13.9 Å². The van der Waals surface area contributed by atoms with Crippen molar-refractivity contribution in [3.8, 4) is 5.69 Å². The molecule has 1 aromatic carbocycles. The lowest BCUT2D eigenvalue weighted by Crippen LogP contribution is -2.43. The van der Waals surface area contributed by atoms with Crippen LogP contribution in [0.3, 0.4) is 0 Å². The number of likely N-dealkylation sites (tertiary alicyclic amines) is 1. The van der Waals surface area contributed by atoms with Crippen molar-refractivity contribution >= 4 is 6.03 Å². The number of carbonyl (C=O) groups is 1. The monoisotopic (exact) mass is 368 g/mol. The normalized spacial score (nSPS) is 15.1. The van der Waals surface area contributed by atoms with Gasteiger partial charge in [-0.2, -0.15) is 5.10 Å². The average molecular weight is 368 g/mol. The summed E-state index contributed by atoms with van der Waals surface area (Å²) in [7, 11) is 0. The standard InChI is InChI=1S/C20H21FN4O2/c21-17-3-5-18(6-4-17)25-14-16(12-23-25)15-7-9-24(10-8-15)20(26)22-13-19-2-1-11-27-19/h1-6,11-12,14-15H,7-10,13H2,(H,22,26). The first-order valence-corrected chi connectivity index (χ1v) is 9.05. The molecule has 140 valence electrons. The van der Waals surface area contributed by atoms with Crippen molar-refractivity contribution in [2.24, 2.45) is 0 Å². The molecule has 7 heteroatoms. The van der Waals surface area contributed by atoms with E-state index >= 15 is 0 Å². The van der Waals surface area contributed by atoms with E-state index in [9.17, 15) is 9.18 Å². The SMILES string of the molecule is O=C(NCc1ccco1)N1CCC(c2cnn(-c3ccc(F)cc3)c2)CC1. The molecule has 0 spiro atoms. The van der Waals surface area contributed by atoms with Crippen molar-refractivity contribution in [2.45, 2.75) is 25.3 Å². The molecule has 1 aliphatic rings. The fraction of sp³-hybridized carbons (Fsp3) is 0.300. The Morgan fingerprint density at radius 1 is 1.22 bits per heavy atom. The second-order valence-electron chi connectivity index (χ2n) is 6.69. The van der Waals surface area contributed by atoms with Crippen LogP contribution in [0.1, 0.15) is 30.1 Å². The van der Waals surface area contributed by atoms with Crippen LogP contribution in [0.25, 0.3) is 5.69 Å². The van der Waals surface area contributed by atoms with Crippen LogP contribution in [-0.4, -0.2) is 33.8 Å². The second-order valence-corrected chi connectivity index (χ2v) is 6.69. The first-order valence-electron chi connectivity index (χ1n) is 9.05. The van der Waals surface area contributed by atoms with E-state index in [0.29, 0.717) is 25.6 Å². The number of benzene rings is 1. The first-order chi connectivity index (χ1) is 13.2. The van der Waals surface area contributed by atoms with Crippen molar-refractivity contribution < 1.29 is 13.6 Å². The molecule has 3 aromatic rings. The molecule has 1 aliphatic heterocycles. The molecule has 1 N–H and O–H groups in total. The third kappa shape index (κ3) is 4.02. The van der Waals surface area contributed by atoms with E-state index in [4.69, 9.17) is 4.42 Å². The lowest BCUT2D eigenvalue weighted by Gasteiger charge is -2.31. The van der Waals surface area contributed by atoms with Gasteiger partial charge in [0.1, 0.15) is 11.6 Å². The summed E-state index contributed by atoms with van der Waals surface area (Å²) in [5.74, 6) is 0.851. The number of halogens is 1. The largest absolute Gasteiger partial charge is 0.467 e. The Labute approximate surface area is 156 Å². The highest BCUT2D eigenvalue weighted by Gasteiger charge is 2.24. The molecular weight excluding hydrogens is 347 g/mol. The van der Waals surface area contributed by atoms with Gasteiger partial charge in [0.2, 0.25) is 0 Å². The highest BCUT2D eigenvalue weighted by Crippen LogP contribution is 2.28. The Hall–Kier alpha value is -3.09. The van der Waals surface area contributed by atoms with Gasteiger partial charge in [0.15, 0.2) is 0 Å². The van der Waals surface area contributed by atoms with Crippen molar-refractivity contribution in [1.29, 1.82) is 0 Å². The van der Waals surface area contributed by atoms with E-state index in [1.54, 1.807) is 29.1 Å². The van der Waals surface area contributed by atoms with E-state index in [1.807, 2.05) is 23.4 Å². The maximum Gasteiger partial charge on any atom is 0.317 e. The molecule has 2 amide bonds. The molecule has 0 unspecified atom stereocenters. The number of hydrogen-bond acceptors (Lipinski definition) is 3. The van der Waals surface area contributed by atoms with E-state index in [0.717, 1.165) is 29.9 Å². The molecule has 0 atom stereocenters. The van der Waals surface area contributed by atoms with Gasteiger partial charge in [-0.05, 0) is 60.7 Å². The predicted molar refractivity (Wildman–Crippen MR) is 98.0 cm³/mol. The van der Waals surface area contributed by atoms with E-state index in [-0.39, 0.29) is 11.8 Å².